The highest BCUT2D eigenvalue weighted by atomic mass is 19.1. The number of oxazole rings is 1. The van der Waals surface area contributed by atoms with E-state index in [-0.39, 0.29) is 17.8 Å². The number of aromatic nitrogens is 1. The van der Waals surface area contributed by atoms with Crippen LogP contribution in [0.2, 0.25) is 0 Å². The van der Waals surface area contributed by atoms with Gasteiger partial charge < -0.3 is 9.73 Å². The van der Waals surface area contributed by atoms with E-state index in [1.165, 1.54) is 12.3 Å². The van der Waals surface area contributed by atoms with Crippen molar-refractivity contribution in [2.75, 3.05) is 0 Å². The van der Waals surface area contributed by atoms with E-state index in [4.69, 9.17) is 4.42 Å². The van der Waals surface area contributed by atoms with Crippen LogP contribution in [0, 0.1) is 5.82 Å². The molecule has 0 aliphatic rings. The lowest BCUT2D eigenvalue weighted by molar-refractivity contribution is -0.121. The quantitative estimate of drug-likeness (QED) is 0.913. The molecule has 4 nitrogen and oxygen atoms in total. The molecule has 0 aliphatic carbocycles. The van der Waals surface area contributed by atoms with Gasteiger partial charge >= 0.3 is 0 Å². The van der Waals surface area contributed by atoms with Gasteiger partial charge in [-0.15, -0.1) is 0 Å². The van der Waals surface area contributed by atoms with Gasteiger partial charge in [0.05, 0.1) is 11.8 Å². The molecule has 0 saturated heterocycles. The van der Waals surface area contributed by atoms with Crippen molar-refractivity contribution in [1.29, 1.82) is 0 Å². The molecule has 2 aromatic rings. The van der Waals surface area contributed by atoms with E-state index in [0.29, 0.717) is 30.1 Å². The van der Waals surface area contributed by atoms with Crippen LogP contribution in [0.25, 0.3) is 11.3 Å². The summed E-state index contributed by atoms with van der Waals surface area (Å²) in [5, 5.41) is 2.79. The fourth-order valence-corrected chi connectivity index (χ4v) is 1.83. The Balaban J connectivity index is 2.00. The SMILES string of the molecule is CC(C)NC(=O)CCc1ncc(-c2ccccc2F)o1. The van der Waals surface area contributed by atoms with Crippen LogP contribution in [0.3, 0.4) is 0 Å². The van der Waals surface area contributed by atoms with Gasteiger partial charge in [-0.2, -0.15) is 0 Å². The summed E-state index contributed by atoms with van der Waals surface area (Å²) < 4.78 is 19.1. The zero-order valence-electron chi connectivity index (χ0n) is 11.5. The molecular weight excluding hydrogens is 259 g/mol. The van der Waals surface area contributed by atoms with Gasteiger partial charge in [0.1, 0.15) is 5.82 Å². The number of benzene rings is 1. The van der Waals surface area contributed by atoms with Crippen LogP contribution in [-0.2, 0) is 11.2 Å². The smallest absolute Gasteiger partial charge is 0.220 e. The van der Waals surface area contributed by atoms with Crippen LogP contribution >= 0.6 is 0 Å². The number of nitrogens with one attached hydrogen (secondary N) is 1. The van der Waals surface area contributed by atoms with E-state index in [1.807, 2.05) is 13.8 Å². The van der Waals surface area contributed by atoms with Gasteiger partial charge in [0.25, 0.3) is 0 Å². The zero-order valence-corrected chi connectivity index (χ0v) is 11.5. The van der Waals surface area contributed by atoms with Crippen LogP contribution in [0.5, 0.6) is 0 Å². The number of carbonyl (C=O) groups excluding carboxylic acids is 1. The molecule has 0 fully saturated rings. The monoisotopic (exact) mass is 276 g/mol. The van der Waals surface area contributed by atoms with Gasteiger partial charge in [-0.25, -0.2) is 9.37 Å². The Hall–Kier alpha value is -2.17. The Morgan fingerprint density at radius 1 is 1.40 bits per heavy atom. The molecule has 1 N–H and O–H groups in total. The van der Waals surface area contributed by atoms with Crippen LogP contribution in [0.1, 0.15) is 26.2 Å². The van der Waals surface area contributed by atoms with Gasteiger partial charge in [0, 0.05) is 18.9 Å². The minimum absolute atomic E-state index is 0.0503. The number of rotatable bonds is 5. The predicted octanol–water partition coefficient (Wildman–Crippen LogP) is 2.94. The molecule has 0 radical (unpaired) electrons. The van der Waals surface area contributed by atoms with Crippen molar-refractivity contribution in [2.45, 2.75) is 32.7 Å². The highest BCUT2D eigenvalue weighted by Gasteiger charge is 2.11. The van der Waals surface area contributed by atoms with Gasteiger partial charge in [0.2, 0.25) is 5.91 Å². The summed E-state index contributed by atoms with van der Waals surface area (Å²) in [6.45, 7) is 3.80. The van der Waals surface area contributed by atoms with Crippen molar-refractivity contribution < 1.29 is 13.6 Å². The lowest BCUT2D eigenvalue weighted by atomic mass is 10.2. The summed E-state index contributed by atoms with van der Waals surface area (Å²) in [7, 11) is 0. The molecule has 20 heavy (non-hydrogen) atoms. The molecule has 1 amide bonds. The number of nitrogens with zero attached hydrogens (tertiary/aromatic N) is 1. The topological polar surface area (TPSA) is 55.1 Å². The van der Waals surface area contributed by atoms with Crippen molar-refractivity contribution >= 4 is 5.91 Å². The maximum Gasteiger partial charge on any atom is 0.220 e. The third kappa shape index (κ3) is 3.66. The molecule has 2 rings (SSSR count). The largest absolute Gasteiger partial charge is 0.441 e. The number of hydrogen-bond donors (Lipinski definition) is 1. The summed E-state index contributed by atoms with van der Waals surface area (Å²) in [6, 6.07) is 6.46. The molecule has 0 bridgehead atoms. The Morgan fingerprint density at radius 2 is 2.15 bits per heavy atom. The van der Waals surface area contributed by atoms with Crippen molar-refractivity contribution in [3.63, 3.8) is 0 Å². The molecule has 1 aromatic heterocycles. The van der Waals surface area contributed by atoms with E-state index in [2.05, 4.69) is 10.3 Å². The summed E-state index contributed by atoms with van der Waals surface area (Å²) in [5.41, 5.74) is 0.373. The number of hydrogen-bond acceptors (Lipinski definition) is 3. The van der Waals surface area contributed by atoms with Crippen molar-refractivity contribution in [1.82, 2.24) is 10.3 Å². The van der Waals surface area contributed by atoms with Gasteiger partial charge in [0.15, 0.2) is 11.7 Å². The van der Waals surface area contributed by atoms with Crippen molar-refractivity contribution in [2.24, 2.45) is 0 Å². The van der Waals surface area contributed by atoms with Gasteiger partial charge in [-0.05, 0) is 26.0 Å². The number of amides is 1. The third-order valence-corrected chi connectivity index (χ3v) is 2.71. The highest BCUT2D eigenvalue weighted by molar-refractivity contribution is 5.76. The Kier molecular flexibility index (Phi) is 4.50. The normalized spacial score (nSPS) is 10.8. The molecule has 0 aliphatic heterocycles. The molecule has 0 atom stereocenters. The second kappa shape index (κ2) is 6.32. The van der Waals surface area contributed by atoms with E-state index >= 15 is 0 Å². The summed E-state index contributed by atoms with van der Waals surface area (Å²) >= 11 is 0. The van der Waals surface area contributed by atoms with E-state index < -0.39 is 0 Å². The summed E-state index contributed by atoms with van der Waals surface area (Å²) in [5.74, 6) is 0.405. The molecule has 106 valence electrons. The number of aryl methyl sites for hydroxylation is 1. The van der Waals surface area contributed by atoms with E-state index in [0.717, 1.165) is 0 Å². The summed E-state index contributed by atoms with van der Waals surface area (Å²) in [4.78, 5) is 15.6. The average Bonchev–Trinajstić information content (AvgIpc) is 2.85. The first-order valence-corrected chi connectivity index (χ1v) is 6.55. The van der Waals surface area contributed by atoms with Crippen molar-refractivity contribution in [3.8, 4) is 11.3 Å². The maximum atomic E-state index is 13.6. The lowest BCUT2D eigenvalue weighted by Gasteiger charge is -2.06. The second-order valence-electron chi connectivity index (χ2n) is 4.82. The number of carbonyl (C=O) groups is 1. The molecule has 0 saturated carbocycles. The minimum Gasteiger partial charge on any atom is -0.441 e. The third-order valence-electron chi connectivity index (χ3n) is 2.71. The first-order chi connectivity index (χ1) is 9.56. The maximum absolute atomic E-state index is 13.6. The van der Waals surface area contributed by atoms with E-state index in [9.17, 15) is 9.18 Å². The van der Waals surface area contributed by atoms with E-state index in [1.54, 1.807) is 18.2 Å². The Bertz CT molecular complexity index is 593. The van der Waals surface area contributed by atoms with Gasteiger partial charge in [-0.3, -0.25) is 4.79 Å². The van der Waals surface area contributed by atoms with Crippen molar-refractivity contribution in [3.05, 3.63) is 42.2 Å². The predicted molar refractivity (Wildman–Crippen MR) is 73.5 cm³/mol. The van der Waals surface area contributed by atoms with Gasteiger partial charge in [-0.1, -0.05) is 12.1 Å². The van der Waals surface area contributed by atoms with Crippen LogP contribution in [0.4, 0.5) is 4.39 Å². The van der Waals surface area contributed by atoms with Crippen LogP contribution in [-0.4, -0.2) is 16.9 Å². The molecular formula is C15H17FN2O2. The molecule has 0 unspecified atom stereocenters. The first-order valence-electron chi connectivity index (χ1n) is 6.55. The highest BCUT2D eigenvalue weighted by Crippen LogP contribution is 2.23. The molecule has 0 spiro atoms. The summed E-state index contributed by atoms with van der Waals surface area (Å²) in [6.07, 6.45) is 2.18. The molecule has 1 heterocycles. The fraction of sp³-hybridized carbons (Fsp3) is 0.333. The van der Waals surface area contributed by atoms with Crippen LogP contribution < -0.4 is 5.32 Å². The lowest BCUT2D eigenvalue weighted by Crippen LogP contribution is -2.30. The minimum atomic E-state index is -0.354. The first kappa shape index (κ1) is 14.2. The second-order valence-corrected chi connectivity index (χ2v) is 4.82. The zero-order chi connectivity index (χ0) is 14.5. The fourth-order valence-electron chi connectivity index (χ4n) is 1.83. The Labute approximate surface area is 117 Å². The standard InChI is InChI=1S/C15H17FN2O2/c1-10(2)18-14(19)7-8-15-17-9-13(20-15)11-5-3-4-6-12(11)16/h3-6,9-10H,7-8H2,1-2H3,(H,18,19). The van der Waals surface area contributed by atoms with Crippen LogP contribution in [0.15, 0.2) is 34.9 Å². The average molecular weight is 276 g/mol. The molecule has 5 heteroatoms. The Morgan fingerprint density at radius 3 is 2.85 bits per heavy atom. The molecule has 1 aromatic carbocycles. The number of halogens is 1.